The van der Waals surface area contributed by atoms with Crippen molar-refractivity contribution < 1.29 is 28.6 Å². The second kappa shape index (κ2) is 8.08. The van der Waals surface area contributed by atoms with Crippen LogP contribution < -0.4 is 0 Å². The zero-order valence-electron chi connectivity index (χ0n) is 17.7. The summed E-state index contributed by atoms with van der Waals surface area (Å²) in [5.41, 5.74) is -0.807. The summed E-state index contributed by atoms with van der Waals surface area (Å²) in [6, 6.07) is 0. The lowest BCUT2D eigenvalue weighted by atomic mass is 9.84. The summed E-state index contributed by atoms with van der Waals surface area (Å²) in [5, 5.41) is 10.2. The number of aliphatic hydroxyl groups excluding tert-OH is 1. The van der Waals surface area contributed by atoms with E-state index in [0.717, 1.165) is 0 Å². The van der Waals surface area contributed by atoms with E-state index in [0.29, 0.717) is 6.29 Å². The van der Waals surface area contributed by atoms with Crippen molar-refractivity contribution in [2.75, 3.05) is 7.11 Å². The first-order valence-corrected chi connectivity index (χ1v) is 12.1. The van der Waals surface area contributed by atoms with E-state index in [4.69, 9.17) is 13.9 Å². The van der Waals surface area contributed by atoms with Gasteiger partial charge in [0.2, 0.25) is 0 Å². The highest BCUT2D eigenvalue weighted by atomic mass is 28.4. The van der Waals surface area contributed by atoms with Crippen LogP contribution in [0.3, 0.4) is 0 Å². The third-order valence-electron chi connectivity index (χ3n) is 5.97. The molecular formula is C19H36O6Si. The fraction of sp³-hybridized carbons (Fsp3) is 0.895. The summed E-state index contributed by atoms with van der Waals surface area (Å²) in [7, 11) is -0.645. The number of methoxy groups -OCH3 is 1. The van der Waals surface area contributed by atoms with Crippen molar-refractivity contribution in [1.29, 1.82) is 0 Å². The van der Waals surface area contributed by atoms with Gasteiger partial charge >= 0.3 is 5.97 Å². The average molecular weight is 389 g/mol. The highest BCUT2D eigenvalue weighted by Gasteiger charge is 2.57. The SMILES string of the molecule is CO[C@@H](C[C@H](O)[C@H](C)C=O)[C@H]1OC(=O)C(C)(C)[C@H]1O[Si](C)(C)C(C)(C)C. The standard InChI is InChI=1S/C19H36O6Si/c1-12(11-20)13(21)10-14(23-7)15-16(19(5,6)17(22)24-15)25-26(8,9)18(2,3)4/h11-16,21H,10H2,1-9H3/t12-,13+,14+,15-,16+/m1/s1. The van der Waals surface area contributed by atoms with Gasteiger partial charge in [-0.05, 0) is 32.0 Å². The maximum atomic E-state index is 12.5. The fourth-order valence-electron chi connectivity index (χ4n) is 2.75. The molecule has 0 unspecified atom stereocenters. The quantitative estimate of drug-likeness (QED) is 0.391. The van der Waals surface area contributed by atoms with Crippen LogP contribution in [0.1, 0.15) is 48.0 Å². The van der Waals surface area contributed by atoms with E-state index in [2.05, 4.69) is 33.9 Å². The summed E-state index contributed by atoms with van der Waals surface area (Å²) in [5.74, 6) is -0.844. The molecule has 7 heteroatoms. The number of esters is 1. The lowest BCUT2D eigenvalue weighted by Crippen LogP contribution is -2.52. The molecule has 1 heterocycles. The van der Waals surface area contributed by atoms with Crippen molar-refractivity contribution in [3.8, 4) is 0 Å². The molecule has 152 valence electrons. The van der Waals surface area contributed by atoms with Gasteiger partial charge in [0.25, 0.3) is 0 Å². The van der Waals surface area contributed by atoms with Crippen LogP contribution in [0.2, 0.25) is 18.1 Å². The Morgan fingerprint density at radius 2 is 1.88 bits per heavy atom. The minimum absolute atomic E-state index is 0.0205. The van der Waals surface area contributed by atoms with Gasteiger partial charge in [0.05, 0.1) is 17.6 Å². The van der Waals surface area contributed by atoms with Crippen LogP contribution in [0, 0.1) is 11.3 Å². The first-order chi connectivity index (χ1) is 11.7. The fourth-order valence-corrected chi connectivity index (χ4v) is 4.17. The average Bonchev–Trinajstić information content (AvgIpc) is 2.73. The zero-order chi connectivity index (χ0) is 20.5. The van der Waals surface area contributed by atoms with Crippen molar-refractivity contribution >= 4 is 20.6 Å². The van der Waals surface area contributed by atoms with Crippen LogP contribution in [0.4, 0.5) is 0 Å². The van der Waals surface area contributed by atoms with Crippen molar-refractivity contribution in [2.45, 2.75) is 90.5 Å². The Kier molecular flexibility index (Phi) is 7.24. The molecule has 1 aliphatic rings. The Balaban J connectivity index is 3.13. The number of aldehydes is 1. The van der Waals surface area contributed by atoms with E-state index in [1.165, 1.54) is 7.11 Å². The van der Waals surface area contributed by atoms with Gasteiger partial charge in [0.1, 0.15) is 12.4 Å². The largest absolute Gasteiger partial charge is 0.456 e. The maximum Gasteiger partial charge on any atom is 0.314 e. The van der Waals surface area contributed by atoms with Crippen molar-refractivity contribution in [2.24, 2.45) is 11.3 Å². The summed E-state index contributed by atoms with van der Waals surface area (Å²) >= 11 is 0. The van der Waals surface area contributed by atoms with Gasteiger partial charge in [-0.1, -0.05) is 27.7 Å². The monoisotopic (exact) mass is 388 g/mol. The second-order valence-corrected chi connectivity index (χ2v) is 14.2. The predicted octanol–water partition coefficient (Wildman–Crippen LogP) is 2.93. The third kappa shape index (κ3) is 4.74. The molecule has 0 aliphatic carbocycles. The van der Waals surface area contributed by atoms with Gasteiger partial charge in [-0.15, -0.1) is 0 Å². The number of rotatable bonds is 8. The van der Waals surface area contributed by atoms with Gasteiger partial charge in [-0.3, -0.25) is 4.79 Å². The maximum absolute atomic E-state index is 12.5. The van der Waals surface area contributed by atoms with Crippen molar-refractivity contribution in [3.63, 3.8) is 0 Å². The van der Waals surface area contributed by atoms with Crippen LogP contribution in [0.25, 0.3) is 0 Å². The first-order valence-electron chi connectivity index (χ1n) is 9.24. The minimum atomic E-state index is -2.16. The number of ether oxygens (including phenoxy) is 2. The van der Waals surface area contributed by atoms with Gasteiger partial charge in [-0.25, -0.2) is 0 Å². The summed E-state index contributed by atoms with van der Waals surface area (Å²) < 4.78 is 17.8. The van der Waals surface area contributed by atoms with E-state index in [9.17, 15) is 14.7 Å². The number of carbonyl (C=O) groups is 2. The van der Waals surface area contributed by atoms with Crippen LogP contribution >= 0.6 is 0 Å². The van der Waals surface area contributed by atoms with Crippen LogP contribution in [0.15, 0.2) is 0 Å². The van der Waals surface area contributed by atoms with Gasteiger partial charge in [-0.2, -0.15) is 0 Å². The molecule has 1 rings (SSSR count). The van der Waals surface area contributed by atoms with Crippen LogP contribution in [0.5, 0.6) is 0 Å². The molecule has 0 bridgehead atoms. The predicted molar refractivity (Wildman–Crippen MR) is 102 cm³/mol. The van der Waals surface area contributed by atoms with E-state index in [1.54, 1.807) is 6.92 Å². The molecule has 0 aromatic heterocycles. The third-order valence-corrected chi connectivity index (χ3v) is 10.4. The zero-order valence-corrected chi connectivity index (χ0v) is 18.7. The molecule has 5 atom stereocenters. The molecule has 0 aromatic rings. The van der Waals surface area contributed by atoms with Gasteiger partial charge in [0, 0.05) is 19.4 Å². The Hall–Kier alpha value is -0.763. The van der Waals surface area contributed by atoms with E-state index < -0.39 is 44.1 Å². The highest BCUT2D eigenvalue weighted by molar-refractivity contribution is 6.74. The molecule has 6 nitrogen and oxygen atoms in total. The van der Waals surface area contributed by atoms with Crippen LogP contribution in [-0.4, -0.2) is 57.2 Å². The summed E-state index contributed by atoms with van der Waals surface area (Å²) in [4.78, 5) is 23.4. The number of hydrogen-bond donors (Lipinski definition) is 1. The number of carbonyl (C=O) groups excluding carboxylic acids is 2. The Morgan fingerprint density at radius 1 is 1.35 bits per heavy atom. The van der Waals surface area contributed by atoms with Crippen molar-refractivity contribution in [1.82, 2.24) is 0 Å². The molecule has 0 amide bonds. The number of hydrogen-bond acceptors (Lipinski definition) is 6. The Morgan fingerprint density at radius 3 is 2.31 bits per heavy atom. The normalized spacial score (nSPS) is 26.9. The van der Waals surface area contributed by atoms with Gasteiger partial charge < -0.3 is 23.8 Å². The molecule has 0 spiro atoms. The Labute approximate surface area is 158 Å². The van der Waals surface area contributed by atoms with Gasteiger partial charge in [0.15, 0.2) is 14.4 Å². The molecule has 1 N–H and O–H groups in total. The lowest BCUT2D eigenvalue weighted by molar-refractivity contribution is -0.153. The van der Waals surface area contributed by atoms with E-state index >= 15 is 0 Å². The molecule has 26 heavy (non-hydrogen) atoms. The van der Waals surface area contributed by atoms with E-state index in [1.807, 2.05) is 13.8 Å². The first kappa shape index (κ1) is 23.3. The van der Waals surface area contributed by atoms with E-state index in [-0.39, 0.29) is 17.4 Å². The second-order valence-electron chi connectivity index (χ2n) is 9.46. The minimum Gasteiger partial charge on any atom is -0.456 e. The number of cyclic esters (lactones) is 1. The molecule has 0 radical (unpaired) electrons. The molecule has 0 saturated carbocycles. The van der Waals surface area contributed by atoms with Crippen molar-refractivity contribution in [3.05, 3.63) is 0 Å². The molecule has 1 fully saturated rings. The molecule has 0 aromatic carbocycles. The number of aliphatic hydroxyl groups is 1. The topological polar surface area (TPSA) is 82.1 Å². The highest BCUT2D eigenvalue weighted by Crippen LogP contribution is 2.45. The molecule has 1 aliphatic heterocycles. The lowest BCUT2D eigenvalue weighted by Gasteiger charge is -2.42. The smallest absolute Gasteiger partial charge is 0.314 e. The Bertz CT molecular complexity index is 511. The molecule has 1 saturated heterocycles. The molecular weight excluding hydrogens is 352 g/mol. The summed E-state index contributed by atoms with van der Waals surface area (Å²) in [6.07, 6.45) is -1.60. The summed E-state index contributed by atoms with van der Waals surface area (Å²) in [6.45, 7) is 16.0. The van der Waals surface area contributed by atoms with Crippen LogP contribution in [-0.2, 0) is 23.5 Å².